The Bertz CT molecular complexity index is 1130. The van der Waals surface area contributed by atoms with Crippen LogP contribution in [0, 0.1) is 0 Å². The third kappa shape index (κ3) is 3.40. The van der Waals surface area contributed by atoms with Crippen LogP contribution in [-0.4, -0.2) is 68.7 Å². The highest BCUT2D eigenvalue weighted by Crippen LogP contribution is 2.48. The average molecular weight is 501 g/mol. The summed E-state index contributed by atoms with van der Waals surface area (Å²) in [5.41, 5.74) is -7.38. The van der Waals surface area contributed by atoms with E-state index in [2.05, 4.69) is 0 Å². The fraction of sp³-hybridized carbons (Fsp3) is 0.286. The van der Waals surface area contributed by atoms with Gasteiger partial charge in [-0.25, -0.2) is 29.1 Å². The molecule has 3 heterocycles. The number of hydrogen-bond acceptors (Lipinski definition) is 9. The molecular formula is C21H15N3O12. The number of amides is 6. The van der Waals surface area contributed by atoms with E-state index in [1.54, 1.807) is 0 Å². The van der Waals surface area contributed by atoms with E-state index < -0.39 is 126 Å². The van der Waals surface area contributed by atoms with Gasteiger partial charge in [-0.2, -0.15) is 0 Å². The topological polar surface area (TPSA) is 224 Å². The van der Waals surface area contributed by atoms with Crippen molar-refractivity contribution < 1.29 is 58.5 Å². The first-order chi connectivity index (χ1) is 16.9. The van der Waals surface area contributed by atoms with Gasteiger partial charge >= 0.3 is 17.9 Å². The molecule has 0 saturated carbocycles. The van der Waals surface area contributed by atoms with Crippen molar-refractivity contribution in [3.05, 3.63) is 16.7 Å². The number of carbonyl (C=O) groups is 9. The van der Waals surface area contributed by atoms with E-state index in [0.29, 0.717) is 0 Å². The first kappa shape index (κ1) is 24.2. The van der Waals surface area contributed by atoms with Crippen LogP contribution in [0.2, 0.25) is 0 Å². The number of rotatable bonds is 6. The second kappa shape index (κ2) is 8.37. The van der Waals surface area contributed by atoms with Crippen molar-refractivity contribution in [2.45, 2.75) is 38.5 Å². The third-order valence-electron chi connectivity index (χ3n) is 5.89. The van der Waals surface area contributed by atoms with E-state index in [1.807, 2.05) is 0 Å². The Balaban J connectivity index is 2.32. The summed E-state index contributed by atoms with van der Waals surface area (Å²) in [7, 11) is 0. The molecule has 1 aromatic carbocycles. The smallest absolute Gasteiger partial charge is 0.340 e. The Labute approximate surface area is 199 Å². The van der Waals surface area contributed by atoms with Crippen molar-refractivity contribution >= 4 is 70.4 Å². The van der Waals surface area contributed by atoms with E-state index in [4.69, 9.17) is 0 Å². The minimum Gasteiger partial charge on any atom is -0.478 e. The molecule has 0 unspecified atom stereocenters. The number of hydrogen-bond donors (Lipinski definition) is 3. The fourth-order valence-corrected chi connectivity index (χ4v) is 4.47. The summed E-state index contributed by atoms with van der Waals surface area (Å²) in [4.78, 5) is 113. The minimum absolute atomic E-state index is 0.196. The predicted octanol–water partition coefficient (Wildman–Crippen LogP) is -0.259. The average Bonchev–Trinajstić information content (AvgIpc) is 3.41. The summed E-state index contributed by atoms with van der Waals surface area (Å²) in [6, 6.07) is 0. The van der Waals surface area contributed by atoms with Gasteiger partial charge in [0, 0.05) is 38.5 Å². The molecule has 6 amide bonds. The molecule has 0 spiro atoms. The second-order valence-corrected chi connectivity index (χ2v) is 7.95. The zero-order chi connectivity index (χ0) is 26.6. The molecule has 36 heavy (non-hydrogen) atoms. The molecule has 186 valence electrons. The van der Waals surface area contributed by atoms with E-state index in [-0.39, 0.29) is 14.7 Å². The largest absolute Gasteiger partial charge is 0.478 e. The summed E-state index contributed by atoms with van der Waals surface area (Å²) in [5, 5.41) is 30.2. The summed E-state index contributed by atoms with van der Waals surface area (Å²) in [6.07, 6.45) is -2.72. The number of anilines is 3. The minimum atomic E-state index is -2.07. The maximum atomic E-state index is 12.6. The van der Waals surface area contributed by atoms with Gasteiger partial charge in [-0.15, -0.1) is 0 Å². The van der Waals surface area contributed by atoms with Crippen molar-refractivity contribution in [1.29, 1.82) is 0 Å². The molecule has 3 saturated heterocycles. The maximum absolute atomic E-state index is 12.6. The molecule has 3 aliphatic heterocycles. The summed E-state index contributed by atoms with van der Waals surface area (Å²) in [6.45, 7) is 0. The first-order valence-corrected chi connectivity index (χ1v) is 10.4. The molecule has 3 N–H and O–H groups in total. The van der Waals surface area contributed by atoms with Crippen LogP contribution < -0.4 is 14.7 Å². The fourth-order valence-electron chi connectivity index (χ4n) is 4.47. The molecule has 15 nitrogen and oxygen atoms in total. The quantitative estimate of drug-likeness (QED) is 0.429. The lowest BCUT2D eigenvalue weighted by atomic mass is 9.93. The first-order valence-electron chi connectivity index (χ1n) is 10.4. The van der Waals surface area contributed by atoms with Gasteiger partial charge in [0.1, 0.15) is 16.7 Å². The summed E-state index contributed by atoms with van der Waals surface area (Å²) < 4.78 is 0. The van der Waals surface area contributed by atoms with Gasteiger partial charge in [-0.3, -0.25) is 28.8 Å². The van der Waals surface area contributed by atoms with Gasteiger partial charge in [0.25, 0.3) is 0 Å². The number of carboxylic acids is 3. The van der Waals surface area contributed by atoms with Crippen molar-refractivity contribution in [3.63, 3.8) is 0 Å². The van der Waals surface area contributed by atoms with Gasteiger partial charge in [-0.1, -0.05) is 0 Å². The van der Waals surface area contributed by atoms with E-state index in [1.165, 1.54) is 0 Å². The third-order valence-corrected chi connectivity index (χ3v) is 5.89. The predicted molar refractivity (Wildman–Crippen MR) is 113 cm³/mol. The van der Waals surface area contributed by atoms with Crippen LogP contribution >= 0.6 is 0 Å². The van der Waals surface area contributed by atoms with E-state index >= 15 is 0 Å². The number of aromatic carboxylic acids is 3. The van der Waals surface area contributed by atoms with E-state index in [0.717, 1.165) is 0 Å². The number of carboxylic acid groups (broad SMARTS) is 3. The van der Waals surface area contributed by atoms with Crippen molar-refractivity contribution in [2.24, 2.45) is 0 Å². The molecule has 0 radical (unpaired) electrons. The molecule has 3 aliphatic rings. The van der Waals surface area contributed by atoms with Crippen LogP contribution in [0.5, 0.6) is 0 Å². The Morgan fingerprint density at radius 1 is 0.417 bits per heavy atom. The van der Waals surface area contributed by atoms with Gasteiger partial charge in [-0.05, 0) is 0 Å². The van der Waals surface area contributed by atoms with Crippen molar-refractivity contribution in [1.82, 2.24) is 0 Å². The van der Waals surface area contributed by atoms with Crippen molar-refractivity contribution in [2.75, 3.05) is 14.7 Å². The lowest BCUT2D eigenvalue weighted by molar-refractivity contribution is -0.122. The molecule has 4 rings (SSSR count). The van der Waals surface area contributed by atoms with Gasteiger partial charge in [0.2, 0.25) is 35.4 Å². The van der Waals surface area contributed by atoms with Gasteiger partial charge in [0.05, 0.1) is 17.1 Å². The number of benzene rings is 1. The van der Waals surface area contributed by atoms with Crippen LogP contribution in [-0.2, 0) is 28.8 Å². The molecule has 0 aromatic heterocycles. The van der Waals surface area contributed by atoms with Crippen LogP contribution in [0.3, 0.4) is 0 Å². The summed E-state index contributed by atoms with van der Waals surface area (Å²) >= 11 is 0. The Morgan fingerprint density at radius 3 is 0.722 bits per heavy atom. The lowest BCUT2D eigenvalue weighted by Gasteiger charge is -2.30. The van der Waals surface area contributed by atoms with Crippen molar-refractivity contribution in [3.8, 4) is 0 Å². The molecule has 0 aliphatic carbocycles. The van der Waals surface area contributed by atoms with Crippen LogP contribution in [0.25, 0.3) is 0 Å². The highest BCUT2D eigenvalue weighted by molar-refractivity contribution is 6.34. The molecule has 0 bridgehead atoms. The maximum Gasteiger partial charge on any atom is 0.340 e. The molecule has 3 fully saturated rings. The normalized spacial score (nSPS) is 18.2. The molecular weight excluding hydrogens is 486 g/mol. The lowest BCUT2D eigenvalue weighted by Crippen LogP contribution is -2.39. The summed E-state index contributed by atoms with van der Waals surface area (Å²) in [5.74, 6) is -12.5. The molecule has 15 heteroatoms. The highest BCUT2D eigenvalue weighted by Gasteiger charge is 2.48. The van der Waals surface area contributed by atoms with Crippen LogP contribution in [0.4, 0.5) is 17.1 Å². The number of carbonyl (C=O) groups excluding carboxylic acids is 6. The number of imide groups is 3. The Morgan fingerprint density at radius 2 is 0.583 bits per heavy atom. The SMILES string of the molecule is O=C(O)c1c(N2C(=O)CCC2=O)c(C(=O)O)c(N2C(=O)CCC2=O)c(C(=O)O)c1N1C(=O)CCC1=O. The van der Waals surface area contributed by atoms with Gasteiger partial charge < -0.3 is 15.3 Å². The molecule has 0 atom stereocenters. The zero-order valence-corrected chi connectivity index (χ0v) is 18.1. The van der Waals surface area contributed by atoms with E-state index in [9.17, 15) is 58.5 Å². The van der Waals surface area contributed by atoms with Crippen LogP contribution in [0.1, 0.15) is 69.6 Å². The Kier molecular flexibility index (Phi) is 5.62. The van der Waals surface area contributed by atoms with Crippen LogP contribution in [0.15, 0.2) is 0 Å². The second-order valence-electron chi connectivity index (χ2n) is 7.95. The van der Waals surface area contributed by atoms with Gasteiger partial charge in [0.15, 0.2) is 0 Å². The highest BCUT2D eigenvalue weighted by atomic mass is 16.4. The zero-order valence-electron chi connectivity index (χ0n) is 18.1. The number of nitrogens with zero attached hydrogens (tertiary/aromatic N) is 3. The monoisotopic (exact) mass is 501 g/mol. The Hall–Kier alpha value is -4.95. The standard InChI is InChI=1S/C21H15N3O12/c25-7-1-2-8(26)22(7)16-13(19(31)32)17(23-9(27)3-4-10(23)28)15(21(35)36)18(14(16)20(33)34)24-11(29)5-6-12(24)30/h1-6H2,(H,31,32)(H,33,34)(H,35,36). The molecule has 1 aromatic rings.